The maximum atomic E-state index is 12.6. The van der Waals surface area contributed by atoms with Crippen LogP contribution in [0.25, 0.3) is 0 Å². The highest BCUT2D eigenvalue weighted by Gasteiger charge is 2.18. The molecule has 0 aliphatic heterocycles. The molecule has 2 aromatic carbocycles. The number of benzene rings is 2. The van der Waals surface area contributed by atoms with Gasteiger partial charge >= 0.3 is 5.97 Å². The molecular weight excluding hydrogens is 366 g/mol. The van der Waals surface area contributed by atoms with Crippen LogP contribution in [0.4, 0.5) is 5.69 Å². The number of anilines is 1. The van der Waals surface area contributed by atoms with Gasteiger partial charge in [0.2, 0.25) is 0 Å². The molecule has 0 aliphatic carbocycles. The Labute approximate surface area is 159 Å². The average Bonchev–Trinajstić information content (AvgIpc) is 3.04. The number of rotatable bonds is 7. The van der Waals surface area contributed by atoms with Crippen LogP contribution in [0.2, 0.25) is 0 Å². The first kappa shape index (κ1) is 18.4. The zero-order chi connectivity index (χ0) is 18.5. The van der Waals surface area contributed by atoms with E-state index in [1.807, 2.05) is 43.3 Å². The minimum atomic E-state index is -1.51. The molecule has 26 heavy (non-hydrogen) atoms. The van der Waals surface area contributed by atoms with Crippen molar-refractivity contribution in [3.05, 3.63) is 81.5 Å². The largest absolute Gasteiger partial charge is 0.477 e. The Morgan fingerprint density at radius 1 is 1.08 bits per heavy atom. The standard InChI is InChI=1S/C20H19NO3S2/c1-14-7-5-6-10-18(14)26(24)21-17-13-16(25-19(17)20(22)23)12-11-15-8-3-2-4-9-15/h2-10,13,21H,11-12H2,1H3,(H,22,23). The van der Waals surface area contributed by atoms with E-state index >= 15 is 0 Å². The number of aromatic carboxylic acids is 1. The average molecular weight is 386 g/mol. The summed E-state index contributed by atoms with van der Waals surface area (Å²) in [7, 11) is -1.51. The molecule has 3 aromatic rings. The summed E-state index contributed by atoms with van der Waals surface area (Å²) < 4.78 is 15.5. The highest BCUT2D eigenvalue weighted by Crippen LogP contribution is 2.30. The van der Waals surface area contributed by atoms with Crippen LogP contribution in [0, 0.1) is 6.92 Å². The Bertz CT molecular complexity index is 935. The number of hydrogen-bond acceptors (Lipinski definition) is 3. The van der Waals surface area contributed by atoms with E-state index in [4.69, 9.17) is 0 Å². The molecule has 3 rings (SSSR count). The molecule has 6 heteroatoms. The predicted molar refractivity (Wildman–Crippen MR) is 106 cm³/mol. The van der Waals surface area contributed by atoms with Gasteiger partial charge in [-0.2, -0.15) is 0 Å². The van der Waals surface area contributed by atoms with Gasteiger partial charge < -0.3 is 5.11 Å². The van der Waals surface area contributed by atoms with Crippen LogP contribution in [-0.2, 0) is 23.8 Å². The Balaban J connectivity index is 1.78. The van der Waals surface area contributed by atoms with E-state index in [2.05, 4.69) is 16.9 Å². The molecule has 1 unspecified atom stereocenters. The quantitative estimate of drug-likeness (QED) is 0.621. The van der Waals surface area contributed by atoms with Crippen molar-refractivity contribution in [2.75, 3.05) is 4.72 Å². The summed E-state index contributed by atoms with van der Waals surface area (Å²) in [6, 6.07) is 19.2. The van der Waals surface area contributed by atoms with Crippen molar-refractivity contribution in [1.29, 1.82) is 0 Å². The van der Waals surface area contributed by atoms with Crippen LogP contribution in [0.1, 0.15) is 25.7 Å². The summed E-state index contributed by atoms with van der Waals surface area (Å²) in [5.41, 5.74) is 2.51. The molecule has 0 aliphatic rings. The molecule has 1 heterocycles. The molecule has 1 atom stereocenters. The summed E-state index contributed by atoms with van der Waals surface area (Å²) in [5, 5.41) is 9.47. The second kappa shape index (κ2) is 8.29. The van der Waals surface area contributed by atoms with Gasteiger partial charge in [-0.15, -0.1) is 11.3 Å². The molecule has 1 aromatic heterocycles. The Morgan fingerprint density at radius 2 is 1.77 bits per heavy atom. The Hall–Kier alpha value is -2.44. The fourth-order valence-electron chi connectivity index (χ4n) is 2.63. The van der Waals surface area contributed by atoms with Crippen molar-refractivity contribution in [3.63, 3.8) is 0 Å². The van der Waals surface area contributed by atoms with Gasteiger partial charge in [0.1, 0.15) is 4.88 Å². The topological polar surface area (TPSA) is 66.4 Å². The van der Waals surface area contributed by atoms with E-state index in [1.54, 1.807) is 12.1 Å². The Kier molecular flexibility index (Phi) is 5.85. The van der Waals surface area contributed by atoms with E-state index < -0.39 is 17.0 Å². The summed E-state index contributed by atoms with van der Waals surface area (Å²) in [6.45, 7) is 1.88. The van der Waals surface area contributed by atoms with Crippen molar-refractivity contribution in [3.8, 4) is 0 Å². The smallest absolute Gasteiger partial charge is 0.348 e. The van der Waals surface area contributed by atoms with Crippen molar-refractivity contribution in [2.24, 2.45) is 0 Å². The minimum Gasteiger partial charge on any atom is -0.477 e. The first-order valence-corrected chi connectivity index (χ1v) is 10.1. The van der Waals surface area contributed by atoms with Crippen molar-refractivity contribution >= 4 is 34.0 Å². The zero-order valence-corrected chi connectivity index (χ0v) is 15.9. The third-order valence-electron chi connectivity index (χ3n) is 3.98. The normalized spacial score (nSPS) is 11.9. The first-order chi connectivity index (χ1) is 12.5. The third-order valence-corrected chi connectivity index (χ3v) is 6.42. The first-order valence-electron chi connectivity index (χ1n) is 8.18. The maximum Gasteiger partial charge on any atom is 0.348 e. The zero-order valence-electron chi connectivity index (χ0n) is 14.3. The van der Waals surface area contributed by atoms with E-state index in [9.17, 15) is 14.1 Å². The number of carboxylic acid groups (broad SMARTS) is 1. The number of carboxylic acids is 1. The number of hydrogen-bond donors (Lipinski definition) is 2. The molecule has 0 saturated heterocycles. The monoisotopic (exact) mass is 385 g/mol. The lowest BCUT2D eigenvalue weighted by atomic mass is 10.1. The van der Waals surface area contributed by atoms with Crippen molar-refractivity contribution < 1.29 is 14.1 Å². The predicted octanol–water partition coefficient (Wildman–Crippen LogP) is 4.67. The molecule has 4 nitrogen and oxygen atoms in total. The lowest BCUT2D eigenvalue weighted by Crippen LogP contribution is -2.08. The molecule has 0 radical (unpaired) electrons. The van der Waals surface area contributed by atoms with Gasteiger partial charge in [0.25, 0.3) is 0 Å². The van der Waals surface area contributed by atoms with Gasteiger partial charge in [-0.3, -0.25) is 4.72 Å². The van der Waals surface area contributed by atoms with Gasteiger partial charge in [-0.05, 0) is 43.0 Å². The number of carbonyl (C=O) groups is 1. The number of nitrogens with one attached hydrogen (secondary N) is 1. The van der Waals surface area contributed by atoms with Crippen LogP contribution >= 0.6 is 11.3 Å². The molecule has 0 amide bonds. The second-order valence-electron chi connectivity index (χ2n) is 5.88. The van der Waals surface area contributed by atoms with E-state index in [-0.39, 0.29) is 4.88 Å². The molecule has 0 saturated carbocycles. The number of thiophene rings is 1. The third kappa shape index (κ3) is 4.39. The van der Waals surface area contributed by atoms with Crippen LogP contribution < -0.4 is 4.72 Å². The SMILES string of the molecule is Cc1ccccc1S(=O)Nc1cc(CCc2ccccc2)sc1C(=O)O. The fourth-order valence-corrected chi connectivity index (χ4v) is 4.68. The van der Waals surface area contributed by atoms with Crippen LogP contribution in [-0.4, -0.2) is 15.3 Å². The van der Waals surface area contributed by atoms with Gasteiger partial charge in [-0.25, -0.2) is 9.00 Å². The molecule has 0 fully saturated rings. The van der Waals surface area contributed by atoms with Gasteiger partial charge in [0, 0.05) is 4.88 Å². The summed E-state index contributed by atoms with van der Waals surface area (Å²) in [4.78, 5) is 13.4. The molecule has 0 bridgehead atoms. The van der Waals surface area contributed by atoms with Crippen molar-refractivity contribution in [1.82, 2.24) is 0 Å². The second-order valence-corrected chi connectivity index (χ2v) is 8.20. The molecule has 134 valence electrons. The summed E-state index contributed by atoms with van der Waals surface area (Å²) in [5.74, 6) is -1.01. The van der Waals surface area contributed by atoms with E-state index in [0.29, 0.717) is 10.6 Å². The van der Waals surface area contributed by atoms with Gasteiger partial charge in [0.15, 0.2) is 11.0 Å². The highest BCUT2D eigenvalue weighted by molar-refractivity contribution is 7.86. The van der Waals surface area contributed by atoms with Crippen LogP contribution in [0.5, 0.6) is 0 Å². The molecule has 0 spiro atoms. The minimum absolute atomic E-state index is 0.190. The summed E-state index contributed by atoms with van der Waals surface area (Å²) in [6.07, 6.45) is 1.58. The summed E-state index contributed by atoms with van der Waals surface area (Å²) >= 11 is 1.23. The lowest BCUT2D eigenvalue weighted by molar-refractivity contribution is 0.0703. The maximum absolute atomic E-state index is 12.6. The highest BCUT2D eigenvalue weighted by atomic mass is 32.2. The van der Waals surface area contributed by atoms with Gasteiger partial charge in [0.05, 0.1) is 10.6 Å². The molecular formula is C20H19NO3S2. The van der Waals surface area contributed by atoms with Gasteiger partial charge in [-0.1, -0.05) is 48.5 Å². The van der Waals surface area contributed by atoms with Crippen LogP contribution in [0.3, 0.4) is 0 Å². The molecule has 2 N–H and O–H groups in total. The van der Waals surface area contributed by atoms with Crippen LogP contribution in [0.15, 0.2) is 65.6 Å². The fraction of sp³-hybridized carbons (Fsp3) is 0.150. The Morgan fingerprint density at radius 3 is 2.46 bits per heavy atom. The lowest BCUT2D eigenvalue weighted by Gasteiger charge is -2.07. The van der Waals surface area contributed by atoms with E-state index in [0.717, 1.165) is 23.3 Å². The van der Waals surface area contributed by atoms with Crippen molar-refractivity contribution in [2.45, 2.75) is 24.7 Å². The number of aryl methyl sites for hydroxylation is 3. The van der Waals surface area contributed by atoms with E-state index in [1.165, 1.54) is 16.9 Å².